The molecule has 1 aromatic heterocycles. The Labute approximate surface area is 86.5 Å². The van der Waals surface area contributed by atoms with E-state index in [1.165, 1.54) is 6.33 Å². The van der Waals surface area contributed by atoms with E-state index in [-0.39, 0.29) is 18.9 Å². The molecule has 0 saturated carbocycles. The van der Waals surface area contributed by atoms with Gasteiger partial charge in [-0.05, 0) is 0 Å². The summed E-state index contributed by atoms with van der Waals surface area (Å²) >= 11 is 0. The van der Waals surface area contributed by atoms with Crippen molar-refractivity contribution in [3.05, 3.63) is 12.2 Å². The van der Waals surface area contributed by atoms with Gasteiger partial charge < -0.3 is 15.2 Å². The Morgan fingerprint density at radius 1 is 1.77 bits per heavy atom. The summed E-state index contributed by atoms with van der Waals surface area (Å²) in [5.41, 5.74) is 0. The number of nitrogens with one attached hydrogen (secondary N) is 1. The molecule has 0 spiro atoms. The van der Waals surface area contributed by atoms with Gasteiger partial charge in [0.15, 0.2) is 0 Å². The van der Waals surface area contributed by atoms with Crippen LogP contribution >= 0.6 is 0 Å². The normalized spacial score (nSPS) is 20.2. The molecule has 1 unspecified atom stereocenters. The van der Waals surface area contributed by atoms with Crippen LogP contribution in [-0.2, 0) is 11.3 Å². The van der Waals surface area contributed by atoms with Crippen LogP contribution in [0.25, 0.3) is 0 Å². The minimum absolute atomic E-state index is 0. The summed E-state index contributed by atoms with van der Waals surface area (Å²) in [5.74, 6) is -0.745. The van der Waals surface area contributed by atoms with Gasteiger partial charge in [0, 0.05) is 6.54 Å². The van der Waals surface area contributed by atoms with E-state index in [4.69, 9.17) is 0 Å². The third-order valence-electron chi connectivity index (χ3n) is 1.81. The zero-order valence-electron chi connectivity index (χ0n) is 7.23. The fourth-order valence-electron chi connectivity index (χ4n) is 1.26. The Kier molecular flexibility index (Phi) is 3.09. The second-order valence-electron chi connectivity index (χ2n) is 2.55. The fourth-order valence-corrected chi connectivity index (χ4v) is 1.26. The minimum Gasteiger partial charge on any atom is -0.548 e. The van der Waals surface area contributed by atoms with Crippen LogP contribution in [0.3, 0.4) is 0 Å². The summed E-state index contributed by atoms with van der Waals surface area (Å²) < 4.78 is 1.57. The Morgan fingerprint density at radius 2 is 2.54 bits per heavy atom. The third-order valence-corrected chi connectivity index (χ3v) is 1.81. The number of hydrogen-bond donors (Lipinski definition) is 1. The second kappa shape index (κ2) is 3.92. The Balaban J connectivity index is 0.000000845. The second-order valence-corrected chi connectivity index (χ2v) is 2.55. The molecule has 64 valence electrons. The van der Waals surface area contributed by atoms with Crippen LogP contribution in [0.15, 0.2) is 6.33 Å². The van der Waals surface area contributed by atoms with Gasteiger partial charge in [0.05, 0.1) is 12.5 Å². The molecule has 0 aliphatic carbocycles. The Bertz CT molecular complexity index is 313. The van der Waals surface area contributed by atoms with Gasteiger partial charge in [-0.2, -0.15) is 5.10 Å². The van der Waals surface area contributed by atoms with E-state index in [2.05, 4.69) is 15.4 Å². The first kappa shape index (κ1) is 10.2. The molecule has 2 rings (SSSR count). The van der Waals surface area contributed by atoms with E-state index in [1.807, 2.05) is 0 Å². The van der Waals surface area contributed by atoms with Gasteiger partial charge in [-0.3, -0.25) is 0 Å². The summed E-state index contributed by atoms with van der Waals surface area (Å²) in [7, 11) is 0. The number of aromatic nitrogens is 3. The topological polar surface area (TPSA) is 82.9 Å². The number of carbonyl (C=O) groups is 1. The molecule has 1 aromatic rings. The predicted molar refractivity (Wildman–Crippen MR) is 35.8 cm³/mol. The van der Waals surface area contributed by atoms with Gasteiger partial charge in [-0.1, -0.05) is 0 Å². The summed E-state index contributed by atoms with van der Waals surface area (Å²) in [4.78, 5) is 14.4. The Hall–Kier alpha value is -0.833. The molecule has 0 saturated heterocycles. The largest absolute Gasteiger partial charge is 1.00 e. The van der Waals surface area contributed by atoms with Crippen LogP contribution in [0.1, 0.15) is 11.9 Å². The van der Waals surface area contributed by atoms with Crippen molar-refractivity contribution in [1.29, 1.82) is 0 Å². The molecule has 2 heterocycles. The molecule has 0 amide bonds. The van der Waals surface area contributed by atoms with E-state index < -0.39 is 12.0 Å². The van der Waals surface area contributed by atoms with E-state index >= 15 is 0 Å². The molecule has 13 heavy (non-hydrogen) atoms. The van der Waals surface area contributed by atoms with Crippen LogP contribution < -0.4 is 29.3 Å². The third kappa shape index (κ3) is 1.75. The molecular weight excluding hydrogens is 167 g/mol. The maximum atomic E-state index is 10.6. The Morgan fingerprint density at radius 3 is 3.23 bits per heavy atom. The number of fused-ring (bicyclic) bond motifs is 1. The number of nitrogens with zero attached hydrogens (tertiary/aromatic N) is 3. The van der Waals surface area contributed by atoms with Crippen molar-refractivity contribution in [3.8, 4) is 0 Å². The molecular formula is C6H7LiN4O2. The average Bonchev–Trinajstić information content (AvgIpc) is 2.49. The van der Waals surface area contributed by atoms with Crippen molar-refractivity contribution < 1.29 is 28.8 Å². The van der Waals surface area contributed by atoms with E-state index in [0.29, 0.717) is 18.9 Å². The zero-order valence-corrected chi connectivity index (χ0v) is 7.23. The van der Waals surface area contributed by atoms with Crippen molar-refractivity contribution in [1.82, 2.24) is 20.1 Å². The van der Waals surface area contributed by atoms with Crippen LogP contribution in [0, 0.1) is 0 Å². The van der Waals surface area contributed by atoms with Crippen molar-refractivity contribution in [2.24, 2.45) is 0 Å². The SMILES string of the molecule is O=C([O-])C1NCCn2ncnc21.[Li+]. The molecule has 1 N–H and O–H groups in total. The standard InChI is InChI=1S/C6H8N4O2.Li/c11-6(12)4-5-8-3-9-10(5)2-1-7-4;/h3-4,7H,1-2H2,(H,11,12);/q;+1/p-1. The van der Waals surface area contributed by atoms with Crippen molar-refractivity contribution in [3.63, 3.8) is 0 Å². The molecule has 1 aliphatic heterocycles. The molecule has 1 aliphatic rings. The molecule has 0 bridgehead atoms. The maximum Gasteiger partial charge on any atom is 1.00 e. The molecule has 7 heteroatoms. The van der Waals surface area contributed by atoms with Crippen molar-refractivity contribution >= 4 is 5.97 Å². The first-order valence-electron chi connectivity index (χ1n) is 3.61. The van der Waals surface area contributed by atoms with Crippen molar-refractivity contribution in [2.45, 2.75) is 12.6 Å². The first-order valence-corrected chi connectivity index (χ1v) is 3.61. The maximum absolute atomic E-state index is 10.6. The van der Waals surface area contributed by atoms with Crippen LogP contribution in [-0.4, -0.2) is 27.3 Å². The van der Waals surface area contributed by atoms with E-state index in [9.17, 15) is 9.90 Å². The van der Waals surface area contributed by atoms with Gasteiger partial charge in [0.2, 0.25) is 0 Å². The summed E-state index contributed by atoms with van der Waals surface area (Å²) in [6.07, 6.45) is 1.35. The van der Waals surface area contributed by atoms with E-state index in [0.717, 1.165) is 0 Å². The number of rotatable bonds is 1. The van der Waals surface area contributed by atoms with Crippen LogP contribution in [0.2, 0.25) is 0 Å². The van der Waals surface area contributed by atoms with Crippen LogP contribution in [0.5, 0.6) is 0 Å². The smallest absolute Gasteiger partial charge is 0.548 e. The molecule has 1 atom stereocenters. The minimum atomic E-state index is -1.16. The fraction of sp³-hybridized carbons (Fsp3) is 0.500. The summed E-state index contributed by atoms with van der Waals surface area (Å²) in [6.45, 7) is 1.23. The monoisotopic (exact) mass is 174 g/mol. The van der Waals surface area contributed by atoms with Crippen LogP contribution in [0.4, 0.5) is 0 Å². The number of carboxylic acid groups (broad SMARTS) is 1. The van der Waals surface area contributed by atoms with Gasteiger partial charge in [-0.25, -0.2) is 9.67 Å². The number of carboxylic acids is 1. The molecule has 0 aromatic carbocycles. The average molecular weight is 174 g/mol. The summed E-state index contributed by atoms with van der Waals surface area (Å²) in [5, 5.41) is 17.2. The first-order chi connectivity index (χ1) is 5.79. The number of carbonyl (C=O) groups excluding carboxylic acids is 1. The van der Waals surface area contributed by atoms with Gasteiger partial charge >= 0.3 is 18.9 Å². The van der Waals surface area contributed by atoms with Gasteiger partial charge in [-0.15, -0.1) is 0 Å². The zero-order chi connectivity index (χ0) is 8.55. The predicted octanol–water partition coefficient (Wildman–Crippen LogP) is -5.32. The van der Waals surface area contributed by atoms with E-state index in [1.54, 1.807) is 4.68 Å². The molecule has 0 radical (unpaired) electrons. The number of aliphatic carboxylic acids is 1. The summed E-state index contributed by atoms with van der Waals surface area (Å²) in [6, 6.07) is -0.818. The van der Waals surface area contributed by atoms with Gasteiger partial charge in [0.1, 0.15) is 18.2 Å². The molecule has 0 fully saturated rings. The quantitative estimate of drug-likeness (QED) is 0.430. The van der Waals surface area contributed by atoms with Gasteiger partial charge in [0.25, 0.3) is 0 Å². The number of hydrogen-bond acceptors (Lipinski definition) is 5. The molecule has 6 nitrogen and oxygen atoms in total. The van der Waals surface area contributed by atoms with Crippen molar-refractivity contribution in [2.75, 3.05) is 6.54 Å².